The van der Waals surface area contributed by atoms with Crippen LogP contribution in [0, 0.1) is 5.92 Å². The van der Waals surface area contributed by atoms with Crippen LogP contribution in [-0.2, 0) is 6.54 Å². The summed E-state index contributed by atoms with van der Waals surface area (Å²) >= 11 is 0. The second-order valence-corrected chi connectivity index (χ2v) is 7.57. The number of benzene rings is 1. The van der Waals surface area contributed by atoms with Crippen molar-refractivity contribution in [2.45, 2.75) is 70.5 Å². The molecule has 1 heterocycles. The van der Waals surface area contributed by atoms with E-state index in [-0.39, 0.29) is 0 Å². The molecule has 22 heavy (non-hydrogen) atoms. The van der Waals surface area contributed by atoms with Crippen molar-refractivity contribution in [3.05, 3.63) is 35.9 Å². The molecule has 1 N–H and O–H groups in total. The third kappa shape index (κ3) is 3.55. The zero-order chi connectivity index (χ0) is 15.4. The van der Waals surface area contributed by atoms with Gasteiger partial charge in [0.15, 0.2) is 0 Å². The maximum atomic E-state index is 3.97. The van der Waals surface area contributed by atoms with Crippen molar-refractivity contribution in [1.82, 2.24) is 10.2 Å². The van der Waals surface area contributed by atoms with Crippen molar-refractivity contribution in [1.29, 1.82) is 0 Å². The summed E-state index contributed by atoms with van der Waals surface area (Å²) in [5, 5.41) is 3.97. The second kappa shape index (κ2) is 7.14. The van der Waals surface area contributed by atoms with E-state index in [2.05, 4.69) is 54.4 Å². The fourth-order valence-corrected chi connectivity index (χ4v) is 4.40. The molecule has 1 saturated heterocycles. The third-order valence-electron chi connectivity index (χ3n) is 6.00. The van der Waals surface area contributed by atoms with Gasteiger partial charge in [0.05, 0.1) is 0 Å². The zero-order valence-corrected chi connectivity index (χ0v) is 14.4. The monoisotopic (exact) mass is 300 g/mol. The molecule has 2 nitrogen and oxygen atoms in total. The number of nitrogens with zero attached hydrogens (tertiary/aromatic N) is 1. The molecule has 122 valence electrons. The second-order valence-electron chi connectivity index (χ2n) is 7.57. The van der Waals surface area contributed by atoms with Crippen LogP contribution in [-0.4, -0.2) is 29.6 Å². The Morgan fingerprint density at radius 1 is 1.18 bits per heavy atom. The lowest BCUT2D eigenvalue weighted by Gasteiger charge is -2.51. The van der Waals surface area contributed by atoms with Crippen LogP contribution in [0.1, 0.15) is 57.9 Å². The van der Waals surface area contributed by atoms with Gasteiger partial charge in [-0.15, -0.1) is 0 Å². The molecule has 2 unspecified atom stereocenters. The van der Waals surface area contributed by atoms with Crippen LogP contribution in [0.3, 0.4) is 0 Å². The Bertz CT molecular complexity index is 450. The van der Waals surface area contributed by atoms with E-state index in [0.29, 0.717) is 11.6 Å². The number of piperazine rings is 1. The van der Waals surface area contributed by atoms with Gasteiger partial charge >= 0.3 is 0 Å². The average molecular weight is 300 g/mol. The van der Waals surface area contributed by atoms with Crippen LogP contribution in [0.5, 0.6) is 0 Å². The molecule has 1 saturated carbocycles. The quantitative estimate of drug-likeness (QED) is 0.896. The van der Waals surface area contributed by atoms with Crippen LogP contribution >= 0.6 is 0 Å². The number of hydrogen-bond donors (Lipinski definition) is 1. The van der Waals surface area contributed by atoms with Gasteiger partial charge in [-0.25, -0.2) is 0 Å². The summed E-state index contributed by atoms with van der Waals surface area (Å²) < 4.78 is 0. The van der Waals surface area contributed by atoms with E-state index < -0.39 is 0 Å². The SMILES string of the molecule is CCC(C)C1CNC2(CCCCC2)CN1Cc1ccccc1. The Morgan fingerprint density at radius 2 is 1.91 bits per heavy atom. The van der Waals surface area contributed by atoms with Gasteiger partial charge in [0.1, 0.15) is 0 Å². The van der Waals surface area contributed by atoms with E-state index in [9.17, 15) is 0 Å². The first kappa shape index (κ1) is 16.0. The average Bonchev–Trinajstić information content (AvgIpc) is 2.56. The molecule has 2 aliphatic rings. The lowest BCUT2D eigenvalue weighted by atomic mass is 9.78. The highest BCUT2D eigenvalue weighted by Crippen LogP contribution is 2.34. The maximum Gasteiger partial charge on any atom is 0.0309 e. The molecule has 2 atom stereocenters. The Labute approximate surface area is 136 Å². The van der Waals surface area contributed by atoms with Gasteiger partial charge in [-0.1, -0.05) is 69.9 Å². The van der Waals surface area contributed by atoms with Crippen molar-refractivity contribution in [2.24, 2.45) is 5.92 Å². The van der Waals surface area contributed by atoms with E-state index >= 15 is 0 Å². The summed E-state index contributed by atoms with van der Waals surface area (Å²) in [7, 11) is 0. The van der Waals surface area contributed by atoms with Gasteiger partial charge in [-0.2, -0.15) is 0 Å². The summed E-state index contributed by atoms with van der Waals surface area (Å²) in [6, 6.07) is 11.7. The van der Waals surface area contributed by atoms with Gasteiger partial charge in [-0.3, -0.25) is 4.90 Å². The minimum Gasteiger partial charge on any atom is -0.308 e. The molecule has 2 heteroatoms. The summed E-state index contributed by atoms with van der Waals surface area (Å²) in [5.74, 6) is 0.761. The summed E-state index contributed by atoms with van der Waals surface area (Å²) in [6.45, 7) is 8.26. The van der Waals surface area contributed by atoms with Crippen LogP contribution in [0.15, 0.2) is 30.3 Å². The van der Waals surface area contributed by atoms with Crippen molar-refractivity contribution in [3.63, 3.8) is 0 Å². The van der Waals surface area contributed by atoms with Gasteiger partial charge in [0.25, 0.3) is 0 Å². The Morgan fingerprint density at radius 3 is 2.59 bits per heavy atom. The predicted octanol–water partition coefficient (Wildman–Crippen LogP) is 4.21. The maximum absolute atomic E-state index is 3.97. The first-order chi connectivity index (χ1) is 10.7. The standard InChI is InChI=1S/C20H32N2/c1-3-17(2)19-14-21-20(12-8-5-9-13-20)16-22(19)15-18-10-6-4-7-11-18/h4,6-7,10-11,17,19,21H,3,5,8-9,12-16H2,1-2H3. The van der Waals surface area contributed by atoms with E-state index in [0.717, 1.165) is 12.5 Å². The fourth-order valence-electron chi connectivity index (χ4n) is 4.40. The zero-order valence-electron chi connectivity index (χ0n) is 14.4. The molecule has 0 radical (unpaired) electrons. The van der Waals surface area contributed by atoms with Gasteiger partial charge < -0.3 is 5.32 Å². The molecular weight excluding hydrogens is 268 g/mol. The summed E-state index contributed by atoms with van der Waals surface area (Å²) in [4.78, 5) is 2.78. The number of nitrogens with one attached hydrogen (secondary N) is 1. The normalized spacial score (nSPS) is 26.9. The van der Waals surface area contributed by atoms with E-state index in [1.807, 2.05) is 0 Å². The lowest BCUT2D eigenvalue weighted by molar-refractivity contribution is 0.0267. The minimum atomic E-state index is 0.400. The molecule has 2 fully saturated rings. The molecule has 0 amide bonds. The molecule has 1 aromatic carbocycles. The Balaban J connectivity index is 1.75. The fraction of sp³-hybridized carbons (Fsp3) is 0.700. The van der Waals surface area contributed by atoms with E-state index in [1.165, 1.54) is 57.2 Å². The highest BCUT2D eigenvalue weighted by Gasteiger charge is 2.40. The number of hydrogen-bond acceptors (Lipinski definition) is 2. The smallest absolute Gasteiger partial charge is 0.0309 e. The highest BCUT2D eigenvalue weighted by molar-refractivity contribution is 5.15. The van der Waals surface area contributed by atoms with Crippen molar-refractivity contribution in [3.8, 4) is 0 Å². The largest absolute Gasteiger partial charge is 0.308 e. The van der Waals surface area contributed by atoms with Crippen LogP contribution in [0.4, 0.5) is 0 Å². The highest BCUT2D eigenvalue weighted by atomic mass is 15.3. The lowest BCUT2D eigenvalue weighted by Crippen LogP contribution is -2.65. The van der Waals surface area contributed by atoms with Gasteiger partial charge in [-0.05, 0) is 24.3 Å². The Hall–Kier alpha value is -0.860. The number of rotatable bonds is 4. The van der Waals surface area contributed by atoms with Crippen LogP contribution in [0.25, 0.3) is 0 Å². The molecule has 0 aromatic heterocycles. The molecule has 1 spiro atoms. The van der Waals surface area contributed by atoms with Crippen molar-refractivity contribution < 1.29 is 0 Å². The predicted molar refractivity (Wildman–Crippen MR) is 93.9 cm³/mol. The van der Waals surface area contributed by atoms with Crippen molar-refractivity contribution >= 4 is 0 Å². The molecule has 3 rings (SSSR count). The first-order valence-corrected chi connectivity index (χ1v) is 9.25. The molecular formula is C20H32N2. The molecule has 0 bridgehead atoms. The van der Waals surface area contributed by atoms with E-state index in [4.69, 9.17) is 0 Å². The van der Waals surface area contributed by atoms with Crippen LogP contribution in [0.2, 0.25) is 0 Å². The summed E-state index contributed by atoms with van der Waals surface area (Å²) in [6.07, 6.45) is 8.24. The molecule has 1 aromatic rings. The molecule has 1 aliphatic heterocycles. The Kier molecular flexibility index (Phi) is 5.20. The first-order valence-electron chi connectivity index (χ1n) is 9.25. The third-order valence-corrected chi connectivity index (χ3v) is 6.00. The van der Waals surface area contributed by atoms with E-state index in [1.54, 1.807) is 0 Å². The summed E-state index contributed by atoms with van der Waals surface area (Å²) in [5.41, 5.74) is 1.86. The van der Waals surface area contributed by atoms with Gasteiger partial charge in [0, 0.05) is 31.2 Å². The molecule has 1 aliphatic carbocycles. The van der Waals surface area contributed by atoms with Gasteiger partial charge in [0.2, 0.25) is 0 Å². The van der Waals surface area contributed by atoms with Crippen molar-refractivity contribution in [2.75, 3.05) is 13.1 Å². The minimum absolute atomic E-state index is 0.400. The topological polar surface area (TPSA) is 15.3 Å². The van der Waals surface area contributed by atoms with Crippen LogP contribution < -0.4 is 5.32 Å².